The van der Waals surface area contributed by atoms with Gasteiger partial charge in [0.15, 0.2) is 18.6 Å². The molecule has 0 spiro atoms. The van der Waals surface area contributed by atoms with Gasteiger partial charge < -0.3 is 5.11 Å². The van der Waals surface area contributed by atoms with Gasteiger partial charge in [0.1, 0.15) is 5.82 Å². The maximum absolute atomic E-state index is 13.4. The zero-order valence-electron chi connectivity index (χ0n) is 11.1. The highest BCUT2D eigenvalue weighted by atomic mass is 32.2. The molecule has 5 heteroatoms. The fourth-order valence-corrected chi connectivity index (χ4v) is 1.67. The molecule has 0 aliphatic rings. The molecule has 1 rings (SSSR count). The van der Waals surface area contributed by atoms with Crippen LogP contribution in [0.5, 0.6) is 0 Å². The van der Waals surface area contributed by atoms with Gasteiger partial charge in [0, 0.05) is 7.11 Å². The van der Waals surface area contributed by atoms with E-state index in [1.54, 1.807) is 18.2 Å². The van der Waals surface area contributed by atoms with Crippen LogP contribution in [0.4, 0.5) is 8.78 Å². The van der Waals surface area contributed by atoms with Gasteiger partial charge in [0.05, 0.1) is 10.3 Å². The van der Waals surface area contributed by atoms with E-state index in [-0.39, 0.29) is 10.5 Å². The number of nitrogens with one attached hydrogen (secondary N) is 1. The Labute approximate surface area is 111 Å². The first kappa shape index (κ1) is 17.1. The molecule has 102 valence electrons. The fraction of sp³-hybridized carbons (Fsp3) is 0.462. The monoisotopic (exact) mass is 276 g/mol. The molecule has 1 aromatic carbocycles. The third kappa shape index (κ3) is 6.12. The minimum absolute atomic E-state index is 0.0499. The lowest BCUT2D eigenvalue weighted by atomic mass is 10.1. The molecule has 0 aliphatic carbocycles. The van der Waals surface area contributed by atoms with Crippen molar-refractivity contribution in [2.75, 3.05) is 13.8 Å². The molecule has 2 N–H and O–H groups in total. The quantitative estimate of drug-likeness (QED) is 0.651. The van der Waals surface area contributed by atoms with Crippen LogP contribution in [-0.2, 0) is 0 Å². The molecular formula is C13H20F2NOS+. The lowest BCUT2D eigenvalue weighted by Gasteiger charge is -2.08. The molecule has 0 aromatic heterocycles. The minimum Gasteiger partial charge on any atom is -0.400 e. The van der Waals surface area contributed by atoms with Crippen molar-refractivity contribution in [2.24, 2.45) is 0 Å². The van der Waals surface area contributed by atoms with Crippen LogP contribution in [0, 0.1) is 5.82 Å². The van der Waals surface area contributed by atoms with E-state index in [0.29, 0.717) is 5.56 Å². The van der Waals surface area contributed by atoms with Crippen molar-refractivity contribution in [1.82, 2.24) is 0 Å². The fourth-order valence-electron chi connectivity index (χ4n) is 1.07. The maximum Gasteiger partial charge on any atom is 0.229 e. The number of alkyl halides is 1. The molecule has 0 heterocycles. The van der Waals surface area contributed by atoms with Gasteiger partial charge in [-0.05, 0) is 32.9 Å². The lowest BCUT2D eigenvalue weighted by Crippen LogP contribution is -2.67. The summed E-state index contributed by atoms with van der Waals surface area (Å²) in [6.07, 6.45) is 0. The van der Waals surface area contributed by atoms with Crippen molar-refractivity contribution in [3.05, 3.63) is 35.6 Å². The van der Waals surface area contributed by atoms with Gasteiger partial charge >= 0.3 is 0 Å². The van der Waals surface area contributed by atoms with E-state index >= 15 is 0 Å². The number of halogens is 2. The molecule has 0 saturated carbocycles. The van der Waals surface area contributed by atoms with Crippen LogP contribution in [0.3, 0.4) is 0 Å². The largest absolute Gasteiger partial charge is 0.400 e. The predicted molar refractivity (Wildman–Crippen MR) is 72.9 cm³/mol. The summed E-state index contributed by atoms with van der Waals surface area (Å²) in [5.41, 5.74) is 0.569. The van der Waals surface area contributed by atoms with Gasteiger partial charge in [-0.15, -0.1) is 0 Å². The van der Waals surface area contributed by atoms with Crippen molar-refractivity contribution >= 4 is 17.7 Å². The molecule has 0 fully saturated rings. The van der Waals surface area contributed by atoms with E-state index in [1.165, 1.54) is 18.0 Å². The van der Waals surface area contributed by atoms with Crippen molar-refractivity contribution in [3.8, 4) is 0 Å². The zero-order chi connectivity index (χ0) is 14.2. The highest BCUT2D eigenvalue weighted by Crippen LogP contribution is 2.14. The van der Waals surface area contributed by atoms with Crippen LogP contribution in [0.15, 0.2) is 24.3 Å². The second-order valence-corrected chi connectivity index (χ2v) is 6.04. The van der Waals surface area contributed by atoms with Gasteiger partial charge in [-0.1, -0.05) is 12.1 Å². The van der Waals surface area contributed by atoms with Crippen LogP contribution >= 0.6 is 11.9 Å². The Morgan fingerprint density at radius 3 is 2.28 bits per heavy atom. The van der Waals surface area contributed by atoms with E-state index in [9.17, 15) is 8.78 Å². The van der Waals surface area contributed by atoms with Crippen LogP contribution < -0.4 is 4.40 Å². The average molecular weight is 276 g/mol. The summed E-state index contributed by atoms with van der Waals surface area (Å²) < 4.78 is 29.1. The molecule has 0 amide bonds. The van der Waals surface area contributed by atoms with Gasteiger partial charge in [-0.25, -0.2) is 8.78 Å². The zero-order valence-corrected chi connectivity index (χ0v) is 11.9. The topological polar surface area (TPSA) is 34.2 Å². The molecule has 18 heavy (non-hydrogen) atoms. The Morgan fingerprint density at radius 2 is 1.83 bits per heavy atom. The smallest absolute Gasteiger partial charge is 0.229 e. The van der Waals surface area contributed by atoms with E-state index < -0.39 is 12.5 Å². The van der Waals surface area contributed by atoms with Crippen molar-refractivity contribution < 1.29 is 18.3 Å². The number of aliphatic hydroxyl groups is 1. The number of hydrogen-bond donors (Lipinski definition) is 2. The van der Waals surface area contributed by atoms with Gasteiger partial charge in [0.25, 0.3) is 0 Å². The molecule has 0 bridgehead atoms. The number of benzene rings is 1. The maximum atomic E-state index is 13.4. The molecule has 0 aliphatic heterocycles. The Balaban J connectivity index is 0.00000137. The summed E-state index contributed by atoms with van der Waals surface area (Å²) in [7, 11) is 1.00. The van der Waals surface area contributed by atoms with Crippen LogP contribution in [-0.4, -0.2) is 29.3 Å². The SMILES string of the molecule is CC(C)(C)S/[NH+]=C(\CF)c1ccccc1F.CO. The molecule has 0 atom stereocenters. The highest BCUT2D eigenvalue weighted by molar-refractivity contribution is 7.94. The first-order valence-electron chi connectivity index (χ1n) is 5.49. The van der Waals surface area contributed by atoms with Crippen LogP contribution in [0.2, 0.25) is 0 Å². The Bertz CT molecular complexity index is 389. The van der Waals surface area contributed by atoms with Gasteiger partial charge in [-0.3, -0.25) is 0 Å². The molecule has 2 nitrogen and oxygen atoms in total. The van der Waals surface area contributed by atoms with Crippen molar-refractivity contribution in [1.29, 1.82) is 0 Å². The van der Waals surface area contributed by atoms with Gasteiger partial charge in [-0.2, -0.15) is 4.40 Å². The van der Waals surface area contributed by atoms with Crippen LogP contribution in [0.25, 0.3) is 0 Å². The Morgan fingerprint density at radius 1 is 1.28 bits per heavy atom. The summed E-state index contributed by atoms with van der Waals surface area (Å²) >= 11 is 1.38. The number of aliphatic hydroxyl groups excluding tert-OH is 1. The molecule has 0 unspecified atom stereocenters. The van der Waals surface area contributed by atoms with E-state index in [2.05, 4.69) is 4.40 Å². The number of rotatable bonds is 3. The predicted octanol–water partition coefficient (Wildman–Crippen LogP) is 1.72. The summed E-state index contributed by atoms with van der Waals surface area (Å²) in [5, 5.41) is 7.00. The normalized spacial score (nSPS) is 11.8. The third-order valence-corrected chi connectivity index (χ3v) is 2.77. The minimum atomic E-state index is -0.704. The van der Waals surface area contributed by atoms with Gasteiger partial charge in [0.2, 0.25) is 5.71 Å². The van der Waals surface area contributed by atoms with Crippen LogP contribution in [0.1, 0.15) is 26.3 Å². The third-order valence-electron chi connectivity index (χ3n) is 1.81. The first-order chi connectivity index (χ1) is 8.44. The second kappa shape index (κ2) is 8.21. The standard InChI is InChI=1S/C12H15F2NS.CH4O/c1-12(2,3)16-15-11(8-13)9-6-4-5-7-10(9)14;1-2/h4-7H,8H2,1-3H3;2H,1H3/p+1/b15-11+;. The number of hydrogen-bond acceptors (Lipinski definition) is 2. The second-order valence-electron chi connectivity index (χ2n) is 4.41. The van der Waals surface area contributed by atoms with Crippen molar-refractivity contribution in [2.45, 2.75) is 25.5 Å². The molecule has 1 aromatic rings. The Hall–Kier alpha value is -0.940. The first-order valence-corrected chi connectivity index (χ1v) is 6.31. The molecule has 0 radical (unpaired) electrons. The summed E-state index contributed by atoms with van der Waals surface area (Å²) in [5.74, 6) is -0.405. The van der Waals surface area contributed by atoms with E-state index in [4.69, 9.17) is 5.11 Å². The molecular weight excluding hydrogens is 256 g/mol. The van der Waals surface area contributed by atoms with E-state index in [1.807, 2.05) is 20.8 Å². The summed E-state index contributed by atoms with van der Waals surface area (Å²) in [6, 6.07) is 6.18. The lowest BCUT2D eigenvalue weighted by molar-refractivity contribution is -0.248. The summed E-state index contributed by atoms with van der Waals surface area (Å²) in [6.45, 7) is 5.30. The average Bonchev–Trinajstić information content (AvgIpc) is 2.33. The Kier molecular flexibility index (Phi) is 7.78. The van der Waals surface area contributed by atoms with E-state index in [0.717, 1.165) is 7.11 Å². The summed E-state index contributed by atoms with van der Waals surface area (Å²) in [4.78, 5) is 0. The molecule has 0 saturated heterocycles. The highest BCUT2D eigenvalue weighted by Gasteiger charge is 2.20. The van der Waals surface area contributed by atoms with Crippen molar-refractivity contribution in [3.63, 3.8) is 0 Å².